The van der Waals surface area contributed by atoms with Crippen LogP contribution in [0, 0.1) is 13.8 Å². The number of H-pyrrole nitrogens is 2. The van der Waals surface area contributed by atoms with Gasteiger partial charge in [-0.15, -0.1) is 0 Å². The number of carbonyl (C=O) groups excluding carboxylic acids is 4. The second kappa shape index (κ2) is 40.1. The van der Waals surface area contributed by atoms with Gasteiger partial charge in [0.1, 0.15) is 0 Å². The fourth-order valence-corrected chi connectivity index (χ4v) is 12.0. The Morgan fingerprint density at radius 1 is 0.388 bits per heavy atom. The topological polar surface area (TPSA) is 411 Å². The van der Waals surface area contributed by atoms with Crippen LogP contribution in [-0.2, 0) is 70.3 Å². The van der Waals surface area contributed by atoms with E-state index in [4.69, 9.17) is 19.4 Å². The number of ether oxygens (including phenoxy) is 2. The van der Waals surface area contributed by atoms with Crippen molar-refractivity contribution in [3.63, 3.8) is 0 Å². The standard InChI is InChI=1S/C68H98N12O18/c1-9-47-43(5)51-29-52-45(7)49(17-13-15-19-69-59(81)33-77(37-63(87)88)25-21-75(35-61(83)84)23-27-79(39-65(91)92)41-67(95)97-11-3)57(73-52)32-58-50(46(8)54(74-58)31-56-48(10-2)44(6)53(72-56)30-55(47)71-51)18-14-16-20-70-60(82)34-78(38-64(89)90)26-22-76(36-62(85)86)24-28-80(40-66(93)94)42-68(96)98-12-4/h29-32,71-72H,9-28,33-42H2,1-8H3,(H,69,81)(H,70,82)(H,83,84)(H,85,86)(H,87,88)(H,89,90)(H,91,92)(H,93,94). The molecule has 5 rings (SSSR count). The summed E-state index contributed by atoms with van der Waals surface area (Å²) >= 11 is 0. The molecule has 10 N–H and O–H groups in total. The average Bonchev–Trinajstić information content (AvgIpc) is 1.63. The number of fused-ring (bicyclic) bond motifs is 8. The second-order valence-corrected chi connectivity index (χ2v) is 24.3. The molecule has 98 heavy (non-hydrogen) atoms. The van der Waals surface area contributed by atoms with E-state index in [0.717, 1.165) is 96.7 Å². The van der Waals surface area contributed by atoms with E-state index in [1.54, 1.807) is 13.8 Å². The Labute approximate surface area is 570 Å². The van der Waals surface area contributed by atoms with Gasteiger partial charge in [0.25, 0.3) is 0 Å². The Morgan fingerprint density at radius 3 is 1.03 bits per heavy atom. The van der Waals surface area contributed by atoms with E-state index < -0.39 is 98.8 Å². The third kappa shape index (κ3) is 26.1. The zero-order valence-electron chi connectivity index (χ0n) is 57.7. The number of unbranched alkanes of at least 4 members (excludes halogenated alkanes) is 2. The van der Waals surface area contributed by atoms with Crippen LogP contribution in [0.3, 0.4) is 0 Å². The Hall–Kier alpha value is -8.94. The van der Waals surface area contributed by atoms with E-state index in [2.05, 4.69) is 66.5 Å². The normalized spacial score (nSPS) is 12.4. The first-order chi connectivity index (χ1) is 46.6. The molecule has 0 saturated carbocycles. The molecule has 5 heterocycles. The highest BCUT2D eigenvalue weighted by atomic mass is 16.5. The maximum Gasteiger partial charge on any atom is 0.320 e. The number of aliphatic carboxylic acids is 6. The van der Waals surface area contributed by atoms with Crippen molar-refractivity contribution in [2.45, 2.75) is 107 Å². The van der Waals surface area contributed by atoms with Crippen molar-refractivity contribution >= 4 is 104 Å². The Morgan fingerprint density at radius 2 is 0.694 bits per heavy atom. The predicted octanol–water partition coefficient (Wildman–Crippen LogP) is 3.94. The molecule has 30 heteroatoms. The summed E-state index contributed by atoms with van der Waals surface area (Å²) in [5.41, 5.74) is 15.3. The highest BCUT2D eigenvalue weighted by molar-refractivity contribution is 5.96. The van der Waals surface area contributed by atoms with Gasteiger partial charge in [-0.05, 0) is 162 Å². The SMILES string of the molecule is CCOC(=O)CN(CCN(CCN(CC(=O)O)CC(=O)NCCCCC1=C(C)c2cc3[nH]c(cc4[nH]c(cc5nc(cc1n2)C(CCCCNC(=O)CN(CCN(CCN(CC(=O)O)CC(=O)OCC)CC(=O)O)CC(=O)O)=C5C)c(CC)c4C)c(CC)c3C)CC(=O)O)CC(=O)O. The van der Waals surface area contributed by atoms with E-state index >= 15 is 0 Å². The third-order valence-electron chi connectivity index (χ3n) is 17.0. The fourth-order valence-electron chi connectivity index (χ4n) is 12.0. The van der Waals surface area contributed by atoms with E-state index in [1.165, 1.54) is 35.0 Å². The number of carboxylic acid groups (broad SMARTS) is 6. The van der Waals surface area contributed by atoms with Crippen LogP contribution < -0.4 is 10.6 Å². The first kappa shape index (κ1) is 79.7. The molecule has 2 aliphatic rings. The summed E-state index contributed by atoms with van der Waals surface area (Å²) in [5, 5.41) is 63.5. The highest BCUT2D eigenvalue weighted by Crippen LogP contribution is 2.38. The lowest BCUT2D eigenvalue weighted by atomic mass is 9.97. The van der Waals surface area contributed by atoms with Gasteiger partial charge in [0.05, 0.1) is 101 Å². The number of rotatable bonds is 46. The smallest absolute Gasteiger partial charge is 0.320 e. The van der Waals surface area contributed by atoms with E-state index in [9.17, 15) is 78.6 Å². The van der Waals surface area contributed by atoms with Crippen molar-refractivity contribution in [1.29, 1.82) is 0 Å². The highest BCUT2D eigenvalue weighted by Gasteiger charge is 2.26. The molecule has 3 aromatic heterocycles. The number of aromatic amines is 2. The van der Waals surface area contributed by atoms with Crippen LogP contribution in [0.4, 0.5) is 0 Å². The average molecular weight is 1370 g/mol. The molecular weight excluding hydrogens is 1270 g/mol. The van der Waals surface area contributed by atoms with Gasteiger partial charge in [-0.25, -0.2) is 9.97 Å². The Bertz CT molecular complexity index is 3580. The van der Waals surface area contributed by atoms with Crippen molar-refractivity contribution in [3.8, 4) is 0 Å². The molecule has 0 radical (unpaired) electrons. The first-order valence-corrected chi connectivity index (χ1v) is 33.2. The van der Waals surface area contributed by atoms with Crippen LogP contribution in [-0.4, -0.2) is 284 Å². The molecule has 2 amide bonds. The van der Waals surface area contributed by atoms with Crippen LogP contribution in [0.1, 0.15) is 125 Å². The third-order valence-corrected chi connectivity index (χ3v) is 17.0. The number of aromatic nitrogens is 4. The number of amides is 2. The summed E-state index contributed by atoms with van der Waals surface area (Å²) in [6.07, 6.45) is 5.02. The molecule has 0 spiro atoms. The van der Waals surface area contributed by atoms with Gasteiger partial charge in [-0.1, -0.05) is 13.8 Å². The maximum absolute atomic E-state index is 13.4. The molecule has 0 atom stereocenters. The Balaban J connectivity index is 1.33. The van der Waals surface area contributed by atoms with Crippen molar-refractivity contribution < 1.29 is 88.1 Å². The van der Waals surface area contributed by atoms with Crippen LogP contribution in [0.5, 0.6) is 0 Å². The number of nitrogens with one attached hydrogen (secondary N) is 4. The largest absolute Gasteiger partial charge is 0.480 e. The second-order valence-electron chi connectivity index (χ2n) is 24.3. The number of aryl methyl sites for hydroxylation is 4. The number of hydrogen-bond acceptors (Lipinski definition) is 20. The minimum atomic E-state index is -1.20. The summed E-state index contributed by atoms with van der Waals surface area (Å²) < 4.78 is 9.91. The van der Waals surface area contributed by atoms with E-state index in [1.807, 2.05) is 19.9 Å². The van der Waals surface area contributed by atoms with Crippen LogP contribution in [0.15, 0.2) is 24.3 Å². The zero-order chi connectivity index (χ0) is 72.2. The predicted molar refractivity (Wildman–Crippen MR) is 366 cm³/mol. The zero-order valence-corrected chi connectivity index (χ0v) is 57.7. The first-order valence-electron chi connectivity index (χ1n) is 33.2. The molecule has 0 unspecified atom stereocenters. The summed E-state index contributed by atoms with van der Waals surface area (Å²) in [6, 6.07) is 8.35. The quantitative estimate of drug-likeness (QED) is 0.0283. The number of carboxylic acids is 6. The summed E-state index contributed by atoms with van der Waals surface area (Å²) in [6.45, 7) is 12.3. The van der Waals surface area contributed by atoms with Gasteiger partial charge in [0.2, 0.25) is 11.8 Å². The lowest BCUT2D eigenvalue weighted by Crippen LogP contribution is -2.46. The molecule has 0 fully saturated rings. The minimum absolute atomic E-state index is 0.00542. The lowest BCUT2D eigenvalue weighted by Gasteiger charge is -2.27. The van der Waals surface area contributed by atoms with Crippen LogP contribution in [0.25, 0.3) is 44.4 Å². The number of nitrogens with zero attached hydrogens (tertiary/aromatic N) is 8. The Kier molecular flexibility index (Phi) is 32.6. The molecular formula is C68H98N12O18. The molecule has 30 nitrogen and oxygen atoms in total. The van der Waals surface area contributed by atoms with E-state index in [0.29, 0.717) is 38.5 Å². The van der Waals surface area contributed by atoms with Gasteiger partial charge < -0.3 is 60.7 Å². The lowest BCUT2D eigenvalue weighted by molar-refractivity contribution is -0.148. The molecule has 0 saturated heterocycles. The number of hydrogen-bond donors (Lipinski definition) is 10. The molecule has 538 valence electrons. The molecule has 2 aliphatic heterocycles. The number of allylic oxidation sites excluding steroid dienone is 4. The van der Waals surface area contributed by atoms with Crippen LogP contribution >= 0.6 is 0 Å². The van der Waals surface area contributed by atoms with Gasteiger partial charge in [0.15, 0.2) is 0 Å². The molecule has 8 bridgehead atoms. The van der Waals surface area contributed by atoms with Crippen molar-refractivity contribution in [3.05, 3.63) is 69.3 Å². The van der Waals surface area contributed by atoms with Crippen molar-refractivity contribution in [2.75, 3.05) is 144 Å². The van der Waals surface area contributed by atoms with Crippen molar-refractivity contribution in [2.24, 2.45) is 0 Å². The van der Waals surface area contributed by atoms with Crippen LogP contribution in [0.2, 0.25) is 0 Å². The summed E-state index contributed by atoms with van der Waals surface area (Å²) in [7, 11) is 0. The van der Waals surface area contributed by atoms with Crippen molar-refractivity contribution in [1.82, 2.24) is 60.0 Å². The minimum Gasteiger partial charge on any atom is -0.480 e. The van der Waals surface area contributed by atoms with Gasteiger partial charge in [0, 0.05) is 87.5 Å². The summed E-state index contributed by atoms with van der Waals surface area (Å²) in [5.74, 6) is -9.32. The molecule has 0 aliphatic carbocycles. The monoisotopic (exact) mass is 1370 g/mol. The number of esters is 2. The maximum atomic E-state index is 13.4. The van der Waals surface area contributed by atoms with Gasteiger partial charge in [-0.3, -0.25) is 77.3 Å². The van der Waals surface area contributed by atoms with Gasteiger partial charge in [-0.2, -0.15) is 0 Å². The summed E-state index contributed by atoms with van der Waals surface area (Å²) in [4.78, 5) is 148. The molecule has 3 aromatic rings. The van der Waals surface area contributed by atoms with E-state index in [-0.39, 0.29) is 105 Å². The number of carbonyl (C=O) groups is 10. The van der Waals surface area contributed by atoms with Gasteiger partial charge >= 0.3 is 47.8 Å². The fraction of sp³-hybridized carbons (Fsp3) is 0.559. The molecule has 0 aromatic carbocycles.